The smallest absolute Gasteiger partial charge is 0.245 e. The van der Waals surface area contributed by atoms with Crippen molar-refractivity contribution in [3.05, 3.63) is 71.8 Å². The predicted octanol–water partition coefficient (Wildman–Crippen LogP) is 2.52. The first-order valence-corrected chi connectivity index (χ1v) is 18.7. The molecule has 1 saturated carbocycles. The summed E-state index contributed by atoms with van der Waals surface area (Å²) < 4.78 is 0. The van der Waals surface area contributed by atoms with Crippen molar-refractivity contribution in [1.82, 2.24) is 15.5 Å². The molecule has 11 heteroatoms. The Kier molecular flexibility index (Phi) is 15.5. The van der Waals surface area contributed by atoms with Gasteiger partial charge in [0.2, 0.25) is 18.1 Å². The third kappa shape index (κ3) is 10.6. The molecule has 6 atom stereocenters. The van der Waals surface area contributed by atoms with E-state index in [-0.39, 0.29) is 30.7 Å². The molecule has 1 aliphatic carbocycles. The summed E-state index contributed by atoms with van der Waals surface area (Å²) >= 11 is 0. The van der Waals surface area contributed by atoms with Crippen LogP contribution in [0.5, 0.6) is 0 Å². The van der Waals surface area contributed by atoms with E-state index in [0.717, 1.165) is 37.7 Å². The number of nitrogens with zero attached hydrogens (tertiary/aromatic N) is 1. The van der Waals surface area contributed by atoms with Crippen molar-refractivity contribution < 1.29 is 24.0 Å². The second kappa shape index (κ2) is 19.7. The highest BCUT2D eigenvalue weighted by molar-refractivity contribution is 6.11. The highest BCUT2D eigenvalue weighted by Gasteiger charge is 2.52. The number of hydrogen-bond acceptors (Lipinski definition) is 9. The zero-order chi connectivity index (χ0) is 36.8. The molecule has 2 aromatic rings. The van der Waals surface area contributed by atoms with E-state index in [0.29, 0.717) is 57.1 Å². The Morgan fingerprint density at radius 2 is 1.51 bits per heavy atom. The number of rotatable bonds is 20. The molecule has 51 heavy (non-hydrogen) atoms. The molecule has 2 amide bonds. The van der Waals surface area contributed by atoms with Crippen molar-refractivity contribution in [2.45, 2.75) is 113 Å². The number of amides is 2. The van der Waals surface area contributed by atoms with Gasteiger partial charge >= 0.3 is 0 Å². The lowest BCUT2D eigenvalue weighted by atomic mass is 9.71. The number of Topliss-reactive ketones (excluding diaryl/α,β-unsaturated/α-hetero) is 2. The van der Waals surface area contributed by atoms with Gasteiger partial charge in [0.25, 0.3) is 0 Å². The maximum Gasteiger partial charge on any atom is 0.245 e. The Bertz CT molecular complexity index is 1440. The van der Waals surface area contributed by atoms with Crippen LogP contribution in [0.3, 0.4) is 0 Å². The summed E-state index contributed by atoms with van der Waals surface area (Å²) in [6.07, 6.45) is 10.3. The molecule has 1 radical (unpaired) electrons. The highest BCUT2D eigenvalue weighted by atomic mass is 16.2. The average Bonchev–Trinajstić information content (AvgIpc) is 3.66. The predicted molar refractivity (Wildman–Crippen MR) is 198 cm³/mol. The zero-order valence-corrected chi connectivity index (χ0v) is 30.1. The SMILES string of the molecule is CN[C@@H](Cc1ccccc1)C(=O)N[C@@H](CCCCN)C(=O)N1CCC[C@H]1C(=O)C(Cc1ccccc1)[C@](N)([C]=O)C(=O)[C@H](N)CC1CCCCC1. The van der Waals surface area contributed by atoms with Gasteiger partial charge < -0.3 is 32.7 Å². The molecule has 1 saturated heterocycles. The Hall–Kier alpha value is -3.77. The van der Waals surface area contributed by atoms with Crippen LogP contribution in [0.15, 0.2) is 60.7 Å². The standard InChI is InChI=1S/C40H57N6O5/c1-44-34(26-30-18-9-4-10-19-30)38(50)45-33(20-11-12-22-41)39(51)46-23-13-21-35(46)36(48)31(24-28-14-5-2-6-15-28)40(43,27-47)37(49)32(42)25-29-16-7-3-8-17-29/h2,4-6,9-10,14-15,18-19,29,31-35,44H,3,7-8,11-13,16-17,20-26,41-43H2,1H3,(H,45,50)/t31?,32-,33+,34+,35+,40-/m1/s1. The van der Waals surface area contributed by atoms with Crippen molar-refractivity contribution in [2.75, 3.05) is 20.1 Å². The summed E-state index contributed by atoms with van der Waals surface area (Å²) in [6.45, 7) is 0.721. The molecule has 1 unspecified atom stereocenters. The zero-order valence-electron chi connectivity index (χ0n) is 30.1. The van der Waals surface area contributed by atoms with Gasteiger partial charge in [0, 0.05) is 6.54 Å². The maximum absolute atomic E-state index is 14.7. The molecule has 4 rings (SSSR count). The maximum atomic E-state index is 14.7. The van der Waals surface area contributed by atoms with Gasteiger partial charge in [0.15, 0.2) is 17.1 Å². The number of likely N-dealkylation sites (tertiary alicyclic amines) is 1. The van der Waals surface area contributed by atoms with Crippen molar-refractivity contribution in [3.8, 4) is 0 Å². The molecule has 0 spiro atoms. The van der Waals surface area contributed by atoms with Gasteiger partial charge in [0.1, 0.15) is 6.04 Å². The number of nitrogens with two attached hydrogens (primary N) is 3. The Morgan fingerprint density at radius 3 is 2.10 bits per heavy atom. The Balaban J connectivity index is 1.59. The molecule has 277 valence electrons. The minimum Gasteiger partial charge on any atom is -0.343 e. The van der Waals surface area contributed by atoms with Crippen molar-refractivity contribution in [3.63, 3.8) is 0 Å². The third-order valence-corrected chi connectivity index (χ3v) is 10.8. The summed E-state index contributed by atoms with van der Waals surface area (Å²) in [5.74, 6) is -2.94. The number of benzene rings is 2. The third-order valence-electron chi connectivity index (χ3n) is 10.8. The molecule has 8 N–H and O–H groups in total. The summed E-state index contributed by atoms with van der Waals surface area (Å²) in [6, 6.07) is 15.2. The fourth-order valence-electron chi connectivity index (χ4n) is 7.78. The van der Waals surface area contributed by atoms with E-state index < -0.39 is 47.2 Å². The number of likely N-dealkylation sites (N-methyl/N-ethyl adjacent to an activating group) is 1. The van der Waals surface area contributed by atoms with Gasteiger partial charge in [-0.2, -0.15) is 0 Å². The average molecular weight is 702 g/mol. The molecule has 0 bridgehead atoms. The quantitative estimate of drug-likeness (QED) is 0.102. The Labute approximate surface area is 302 Å². The van der Waals surface area contributed by atoms with E-state index in [2.05, 4.69) is 10.6 Å². The number of nitrogens with one attached hydrogen (secondary N) is 2. The van der Waals surface area contributed by atoms with Crippen LogP contribution in [0.2, 0.25) is 0 Å². The number of ketones is 2. The van der Waals surface area contributed by atoms with Crippen molar-refractivity contribution >= 4 is 29.7 Å². The van der Waals surface area contributed by atoms with Crippen LogP contribution < -0.4 is 27.8 Å². The summed E-state index contributed by atoms with van der Waals surface area (Å²) in [7, 11) is 1.70. The molecule has 2 aliphatic rings. The summed E-state index contributed by atoms with van der Waals surface area (Å²) in [5, 5.41) is 6.02. The number of carbonyl (C=O) groups excluding carboxylic acids is 5. The van der Waals surface area contributed by atoms with Gasteiger partial charge in [-0.15, -0.1) is 0 Å². The monoisotopic (exact) mass is 701 g/mol. The fourth-order valence-corrected chi connectivity index (χ4v) is 7.78. The number of hydrogen-bond donors (Lipinski definition) is 5. The normalized spacial score (nSPS) is 20.1. The minimum absolute atomic E-state index is 0.00579. The van der Waals surface area contributed by atoms with Gasteiger partial charge in [0.05, 0.1) is 24.0 Å². The molecule has 0 aromatic heterocycles. The van der Waals surface area contributed by atoms with Gasteiger partial charge in [-0.1, -0.05) is 92.8 Å². The topological polar surface area (TPSA) is 191 Å². The van der Waals surface area contributed by atoms with E-state index in [1.165, 1.54) is 4.90 Å². The van der Waals surface area contributed by atoms with Crippen LogP contribution >= 0.6 is 0 Å². The van der Waals surface area contributed by atoms with Gasteiger partial charge in [-0.3, -0.25) is 24.0 Å². The summed E-state index contributed by atoms with van der Waals surface area (Å²) in [4.78, 5) is 70.9. The van der Waals surface area contributed by atoms with E-state index in [4.69, 9.17) is 17.2 Å². The van der Waals surface area contributed by atoms with E-state index in [1.54, 1.807) is 13.3 Å². The molecule has 2 aromatic carbocycles. The molecule has 1 heterocycles. The van der Waals surface area contributed by atoms with Gasteiger partial charge in [-0.25, -0.2) is 0 Å². The lowest BCUT2D eigenvalue weighted by Crippen LogP contribution is -2.65. The second-order valence-electron chi connectivity index (χ2n) is 14.4. The van der Waals surface area contributed by atoms with Crippen LogP contribution in [-0.2, 0) is 36.8 Å². The first-order chi connectivity index (χ1) is 24.6. The summed E-state index contributed by atoms with van der Waals surface area (Å²) in [5.41, 5.74) is 18.3. The van der Waals surface area contributed by atoms with Crippen LogP contribution in [0, 0.1) is 11.8 Å². The van der Waals surface area contributed by atoms with Crippen molar-refractivity contribution in [1.29, 1.82) is 0 Å². The van der Waals surface area contributed by atoms with Crippen LogP contribution in [0.1, 0.15) is 81.8 Å². The van der Waals surface area contributed by atoms with E-state index >= 15 is 0 Å². The van der Waals surface area contributed by atoms with Crippen molar-refractivity contribution in [2.24, 2.45) is 29.0 Å². The first kappa shape index (κ1) is 40.0. The number of carbonyl (C=O) groups is 4. The fraction of sp³-hybridized carbons (Fsp3) is 0.575. The van der Waals surface area contributed by atoms with Crippen LogP contribution in [0.4, 0.5) is 0 Å². The Morgan fingerprint density at radius 1 is 0.882 bits per heavy atom. The number of unbranched alkanes of at least 4 members (excludes halogenated alkanes) is 1. The molecular formula is C40H57N6O5. The molecular weight excluding hydrogens is 644 g/mol. The van der Waals surface area contributed by atoms with Gasteiger partial charge in [-0.05, 0) is 82.0 Å². The lowest BCUT2D eigenvalue weighted by Gasteiger charge is -2.36. The van der Waals surface area contributed by atoms with E-state index in [9.17, 15) is 24.0 Å². The molecule has 11 nitrogen and oxygen atoms in total. The minimum atomic E-state index is -2.30. The van der Waals surface area contributed by atoms with Crippen LogP contribution in [-0.4, -0.2) is 84.4 Å². The lowest BCUT2D eigenvalue weighted by molar-refractivity contribution is -0.143. The van der Waals surface area contributed by atoms with E-state index in [1.807, 2.05) is 60.7 Å². The second-order valence-corrected chi connectivity index (χ2v) is 14.4. The first-order valence-electron chi connectivity index (χ1n) is 18.7. The molecule has 1 aliphatic heterocycles. The highest BCUT2D eigenvalue weighted by Crippen LogP contribution is 2.32. The molecule has 2 fully saturated rings. The largest absolute Gasteiger partial charge is 0.343 e. The van der Waals surface area contributed by atoms with Crippen LogP contribution in [0.25, 0.3) is 0 Å².